The van der Waals surface area contributed by atoms with Gasteiger partial charge in [-0.2, -0.15) is 0 Å². The van der Waals surface area contributed by atoms with Crippen LogP contribution in [0.3, 0.4) is 0 Å². The molecular weight excluding hydrogens is 389 g/mol. The number of aryl methyl sites for hydroxylation is 2. The number of rotatable bonds is 5. The van der Waals surface area contributed by atoms with Gasteiger partial charge < -0.3 is 10.7 Å². The molecule has 0 bridgehead atoms. The summed E-state index contributed by atoms with van der Waals surface area (Å²) in [5.41, 5.74) is 5.77. The lowest BCUT2D eigenvalue weighted by Crippen LogP contribution is -2.41. The molecule has 2 atom stereocenters. The van der Waals surface area contributed by atoms with Crippen molar-refractivity contribution in [1.29, 1.82) is 0 Å². The first-order valence-corrected chi connectivity index (χ1v) is 10.5. The molecule has 0 saturated carbocycles. The van der Waals surface area contributed by atoms with Gasteiger partial charge >= 0.3 is 0 Å². The summed E-state index contributed by atoms with van der Waals surface area (Å²) in [5, 5.41) is 11.2. The van der Waals surface area contributed by atoms with Gasteiger partial charge in [-0.15, -0.1) is 10.2 Å². The summed E-state index contributed by atoms with van der Waals surface area (Å²) in [6.07, 6.45) is 1.66. The van der Waals surface area contributed by atoms with Crippen molar-refractivity contribution in [3.05, 3.63) is 71.3 Å². The third-order valence-electron chi connectivity index (χ3n) is 4.96. The number of halogens is 1. The van der Waals surface area contributed by atoms with Crippen LogP contribution in [0.2, 0.25) is 0 Å². The first-order valence-electron chi connectivity index (χ1n) is 9.62. The monoisotopic (exact) mass is 411 g/mol. The maximum atomic E-state index is 14.0. The molecule has 1 aliphatic rings. The van der Waals surface area contributed by atoms with E-state index in [4.69, 9.17) is 0 Å². The van der Waals surface area contributed by atoms with E-state index < -0.39 is 11.1 Å². The number of aromatic nitrogens is 3. The maximum Gasteiger partial charge on any atom is 0.240 e. The van der Waals surface area contributed by atoms with E-state index in [-0.39, 0.29) is 17.6 Å². The van der Waals surface area contributed by atoms with Crippen LogP contribution in [0.25, 0.3) is 0 Å². The highest BCUT2D eigenvalue weighted by atomic mass is 32.2. The van der Waals surface area contributed by atoms with Crippen LogP contribution in [0, 0.1) is 5.82 Å². The van der Waals surface area contributed by atoms with Crippen LogP contribution in [0.5, 0.6) is 0 Å². The Morgan fingerprint density at radius 1 is 1.14 bits per heavy atom. The normalized spacial score (nSPS) is 18.0. The minimum Gasteiger partial charge on any atom is -0.323 e. The van der Waals surface area contributed by atoms with Gasteiger partial charge in [0.1, 0.15) is 11.1 Å². The van der Waals surface area contributed by atoms with E-state index in [0.717, 1.165) is 17.8 Å². The van der Waals surface area contributed by atoms with E-state index in [2.05, 4.69) is 40.0 Å². The molecule has 150 valence electrons. The Balaban J connectivity index is 1.68. The first-order chi connectivity index (χ1) is 14.1. The number of amides is 1. The predicted molar refractivity (Wildman–Crippen MR) is 112 cm³/mol. The van der Waals surface area contributed by atoms with E-state index in [1.54, 1.807) is 18.2 Å². The van der Waals surface area contributed by atoms with Gasteiger partial charge in [0, 0.05) is 6.42 Å². The van der Waals surface area contributed by atoms with Crippen LogP contribution in [-0.4, -0.2) is 26.0 Å². The average Bonchev–Trinajstić information content (AvgIpc) is 3.16. The molecule has 0 unspecified atom stereocenters. The highest BCUT2D eigenvalue weighted by Gasteiger charge is 2.37. The summed E-state index contributed by atoms with van der Waals surface area (Å²) in [6.45, 7) is 4.11. The number of benzene rings is 2. The topological polar surface area (TPSA) is 71.8 Å². The van der Waals surface area contributed by atoms with E-state index in [1.165, 1.54) is 23.4 Å². The van der Waals surface area contributed by atoms with Crippen molar-refractivity contribution >= 4 is 23.4 Å². The summed E-state index contributed by atoms with van der Waals surface area (Å²) in [4.78, 5) is 13.1. The summed E-state index contributed by atoms with van der Waals surface area (Å²) in [7, 11) is 0. The molecule has 4 rings (SSSR count). The molecule has 0 spiro atoms. The summed E-state index contributed by atoms with van der Waals surface area (Å²) in [6, 6.07) is 14.0. The molecule has 0 aliphatic carbocycles. The number of nitrogens with one attached hydrogen (secondary N) is 2. The Kier molecular flexibility index (Phi) is 5.53. The van der Waals surface area contributed by atoms with Gasteiger partial charge in [0.05, 0.1) is 11.7 Å². The average molecular weight is 412 g/mol. The second kappa shape index (κ2) is 8.24. The molecule has 29 heavy (non-hydrogen) atoms. The molecule has 1 amide bonds. The lowest BCUT2D eigenvalue weighted by Gasteiger charge is -2.33. The van der Waals surface area contributed by atoms with Crippen molar-refractivity contribution in [2.24, 2.45) is 0 Å². The summed E-state index contributed by atoms with van der Waals surface area (Å²) >= 11 is 1.33. The highest BCUT2D eigenvalue weighted by molar-refractivity contribution is 8.00. The summed E-state index contributed by atoms with van der Waals surface area (Å²) < 4.78 is 15.9. The quantitative estimate of drug-likeness (QED) is 0.665. The lowest BCUT2D eigenvalue weighted by molar-refractivity contribution is -0.116. The number of fused-ring (bicyclic) bond motifs is 1. The second-order valence-electron chi connectivity index (χ2n) is 6.80. The minimum absolute atomic E-state index is 0.166. The zero-order valence-electron chi connectivity index (χ0n) is 16.2. The number of carbonyl (C=O) groups is 1. The molecular formula is C21H22FN5OS. The molecule has 2 heterocycles. The fraction of sp³-hybridized carbons (Fsp3) is 0.286. The predicted octanol–water partition coefficient (Wildman–Crippen LogP) is 3.94. The van der Waals surface area contributed by atoms with E-state index >= 15 is 0 Å². The molecule has 6 nitrogen and oxygen atoms in total. The second-order valence-corrected chi connectivity index (χ2v) is 7.91. The molecule has 0 fully saturated rings. The van der Waals surface area contributed by atoms with Crippen molar-refractivity contribution in [1.82, 2.24) is 14.9 Å². The van der Waals surface area contributed by atoms with Crippen LogP contribution in [0.4, 0.5) is 10.1 Å². The molecule has 1 aliphatic heterocycles. The van der Waals surface area contributed by atoms with Gasteiger partial charge in [-0.05, 0) is 29.7 Å². The molecule has 2 N–H and O–H groups in total. The van der Waals surface area contributed by atoms with Crippen molar-refractivity contribution in [2.75, 3.05) is 10.7 Å². The molecule has 8 heteroatoms. The Bertz CT molecular complexity index is 1020. The van der Waals surface area contributed by atoms with Crippen LogP contribution in [0.15, 0.2) is 53.7 Å². The number of para-hydroxylation sites is 1. The zero-order chi connectivity index (χ0) is 20.4. The van der Waals surface area contributed by atoms with Crippen LogP contribution >= 0.6 is 11.8 Å². The Labute approximate surface area is 172 Å². The van der Waals surface area contributed by atoms with Crippen molar-refractivity contribution < 1.29 is 9.18 Å². The number of nitrogens with zero attached hydrogens (tertiary/aromatic N) is 3. The lowest BCUT2D eigenvalue weighted by atomic mass is 10.0. The van der Waals surface area contributed by atoms with Gasteiger partial charge in [0.2, 0.25) is 11.1 Å². The van der Waals surface area contributed by atoms with Crippen LogP contribution < -0.4 is 10.7 Å². The van der Waals surface area contributed by atoms with Crippen molar-refractivity contribution in [2.45, 2.75) is 43.1 Å². The van der Waals surface area contributed by atoms with Gasteiger partial charge in [-0.3, -0.25) is 4.79 Å². The number of hydrogen-bond acceptors (Lipinski definition) is 5. The van der Waals surface area contributed by atoms with E-state index in [0.29, 0.717) is 11.6 Å². The van der Waals surface area contributed by atoms with Crippen molar-refractivity contribution in [3.63, 3.8) is 0 Å². The largest absolute Gasteiger partial charge is 0.323 e. The number of thioether (sulfide) groups is 1. The minimum atomic E-state index is -0.538. The smallest absolute Gasteiger partial charge is 0.240 e. The maximum absolute atomic E-state index is 14.0. The third kappa shape index (κ3) is 3.85. The highest BCUT2D eigenvalue weighted by Crippen LogP contribution is 2.37. The van der Waals surface area contributed by atoms with Crippen LogP contribution in [-0.2, 0) is 17.6 Å². The number of hydrogen-bond donors (Lipinski definition) is 2. The van der Waals surface area contributed by atoms with Gasteiger partial charge in [0.25, 0.3) is 0 Å². The van der Waals surface area contributed by atoms with Crippen LogP contribution in [0.1, 0.15) is 36.8 Å². The number of anilines is 1. The Morgan fingerprint density at radius 2 is 1.90 bits per heavy atom. The standard InChI is InChI=1S/C21H22FN5OS/c1-3-13-9-11-14(12-10-13)18-19(20(28)23-16-8-6-5-7-15(16)22)29-21-25-24-17(4-2)27(21)26-18/h5-12,18-19,26H,3-4H2,1-2H3,(H,23,28)/t18-,19-/m1/s1. The van der Waals surface area contributed by atoms with Crippen molar-refractivity contribution in [3.8, 4) is 0 Å². The van der Waals surface area contributed by atoms with E-state index in [1.807, 2.05) is 23.7 Å². The van der Waals surface area contributed by atoms with Gasteiger partial charge in [-0.1, -0.05) is 62.0 Å². The van der Waals surface area contributed by atoms with E-state index in [9.17, 15) is 9.18 Å². The SMILES string of the molecule is CCc1ccc([C@H]2Nn3c(CC)nnc3S[C@H]2C(=O)Nc2ccccc2F)cc1. The molecule has 0 saturated heterocycles. The fourth-order valence-corrected chi connectivity index (χ4v) is 4.40. The van der Waals surface area contributed by atoms with Gasteiger partial charge in [-0.25, -0.2) is 9.07 Å². The molecule has 1 aromatic heterocycles. The molecule has 2 aromatic carbocycles. The third-order valence-corrected chi connectivity index (χ3v) is 6.17. The number of carbonyl (C=O) groups excluding carboxylic acids is 1. The molecule has 3 aromatic rings. The first kappa shape index (κ1) is 19.4. The fourth-order valence-electron chi connectivity index (χ4n) is 3.30. The zero-order valence-corrected chi connectivity index (χ0v) is 17.0. The summed E-state index contributed by atoms with van der Waals surface area (Å²) in [5.74, 6) is 0.0509. The Hall–Kier alpha value is -2.87. The van der Waals surface area contributed by atoms with Gasteiger partial charge in [0.15, 0.2) is 5.82 Å². The molecule has 0 radical (unpaired) electrons. The Morgan fingerprint density at radius 3 is 2.59 bits per heavy atom.